The Bertz CT molecular complexity index is 634. The fourth-order valence-corrected chi connectivity index (χ4v) is 3.10. The van der Waals surface area contributed by atoms with Crippen molar-refractivity contribution in [2.24, 2.45) is 0 Å². The first-order valence-electron chi connectivity index (χ1n) is 6.67. The van der Waals surface area contributed by atoms with Crippen molar-refractivity contribution in [3.8, 4) is 11.5 Å². The summed E-state index contributed by atoms with van der Waals surface area (Å²) in [4.78, 5) is 0. The lowest BCUT2D eigenvalue weighted by Gasteiger charge is -2.20. The third kappa shape index (κ3) is 3.03. The first-order chi connectivity index (χ1) is 9.68. The standard InChI is InChI=1S/C16H16ClNO2.BrH/c17-15-11-6-7-18-9-13(10-4-2-1-3-5-10)12(11)8-14(19)16(15)20;/h1-5,8,13,18-20H,6-7,9H2;1H/t13-;/m0./s1. The largest absolute Gasteiger partial charge is 0.504 e. The minimum Gasteiger partial charge on any atom is -0.504 e. The van der Waals surface area contributed by atoms with Gasteiger partial charge in [-0.1, -0.05) is 41.9 Å². The molecule has 0 saturated carbocycles. The van der Waals surface area contributed by atoms with Gasteiger partial charge in [-0.3, -0.25) is 0 Å². The Morgan fingerprint density at radius 3 is 2.57 bits per heavy atom. The summed E-state index contributed by atoms with van der Waals surface area (Å²) in [6.07, 6.45) is 0.741. The maximum absolute atomic E-state index is 9.86. The molecule has 0 radical (unpaired) electrons. The first-order valence-corrected chi connectivity index (χ1v) is 7.05. The summed E-state index contributed by atoms with van der Waals surface area (Å²) in [7, 11) is 0. The predicted molar refractivity (Wildman–Crippen MR) is 90.0 cm³/mol. The molecule has 1 atom stereocenters. The summed E-state index contributed by atoms with van der Waals surface area (Å²) in [6.45, 7) is 1.60. The van der Waals surface area contributed by atoms with Crippen LogP contribution in [0.25, 0.3) is 0 Å². The van der Waals surface area contributed by atoms with Gasteiger partial charge in [0.2, 0.25) is 0 Å². The topological polar surface area (TPSA) is 52.5 Å². The molecule has 5 heteroatoms. The van der Waals surface area contributed by atoms with Crippen LogP contribution in [0.15, 0.2) is 36.4 Å². The van der Waals surface area contributed by atoms with E-state index >= 15 is 0 Å². The van der Waals surface area contributed by atoms with Gasteiger partial charge in [0.05, 0.1) is 5.02 Å². The van der Waals surface area contributed by atoms with E-state index in [4.69, 9.17) is 11.6 Å². The van der Waals surface area contributed by atoms with Crippen LogP contribution in [0.5, 0.6) is 11.5 Å². The van der Waals surface area contributed by atoms with Crippen molar-refractivity contribution >= 4 is 28.6 Å². The van der Waals surface area contributed by atoms with Crippen molar-refractivity contribution in [3.63, 3.8) is 0 Å². The summed E-state index contributed by atoms with van der Waals surface area (Å²) in [5, 5.41) is 23.3. The van der Waals surface area contributed by atoms with Gasteiger partial charge in [0.25, 0.3) is 0 Å². The van der Waals surface area contributed by atoms with Gasteiger partial charge in [-0.25, -0.2) is 0 Å². The minimum atomic E-state index is -0.223. The van der Waals surface area contributed by atoms with Crippen LogP contribution in [0.3, 0.4) is 0 Å². The van der Waals surface area contributed by atoms with Crippen molar-refractivity contribution in [3.05, 3.63) is 58.1 Å². The Hall–Kier alpha value is -1.23. The molecule has 2 aromatic carbocycles. The molecule has 0 bridgehead atoms. The van der Waals surface area contributed by atoms with Crippen molar-refractivity contribution in [2.75, 3.05) is 13.1 Å². The second-order valence-corrected chi connectivity index (χ2v) is 5.42. The van der Waals surface area contributed by atoms with E-state index in [2.05, 4.69) is 17.4 Å². The second kappa shape index (κ2) is 6.69. The van der Waals surface area contributed by atoms with Crippen molar-refractivity contribution in [1.29, 1.82) is 0 Å². The van der Waals surface area contributed by atoms with E-state index in [9.17, 15) is 10.2 Å². The average Bonchev–Trinajstić information content (AvgIpc) is 2.68. The summed E-state index contributed by atoms with van der Waals surface area (Å²) >= 11 is 6.20. The highest BCUT2D eigenvalue weighted by molar-refractivity contribution is 8.93. The van der Waals surface area contributed by atoms with Gasteiger partial charge in [0, 0.05) is 12.5 Å². The summed E-state index contributed by atoms with van der Waals surface area (Å²) in [5.41, 5.74) is 3.08. The van der Waals surface area contributed by atoms with Crippen LogP contribution in [-0.4, -0.2) is 23.3 Å². The number of fused-ring (bicyclic) bond motifs is 1. The Kier molecular flexibility index (Phi) is 5.14. The lowest BCUT2D eigenvalue weighted by Crippen LogP contribution is -2.20. The highest BCUT2D eigenvalue weighted by atomic mass is 79.9. The lowest BCUT2D eigenvalue weighted by atomic mass is 9.87. The van der Waals surface area contributed by atoms with E-state index < -0.39 is 0 Å². The molecule has 2 aromatic rings. The number of benzene rings is 2. The molecular weight excluding hydrogens is 354 g/mol. The SMILES string of the molecule is Br.Oc1cc2c(c(Cl)c1O)CCNC[C@H]2c1ccccc1. The number of phenolic OH excluding ortho intramolecular Hbond substituents is 2. The van der Waals surface area contributed by atoms with Gasteiger partial charge in [-0.2, -0.15) is 0 Å². The smallest absolute Gasteiger partial charge is 0.176 e. The third-order valence-corrected chi connectivity index (χ3v) is 4.24. The third-order valence-electron chi connectivity index (χ3n) is 3.83. The molecular formula is C16H17BrClNO2. The quantitative estimate of drug-likeness (QED) is 0.672. The molecule has 3 rings (SSSR count). The molecule has 0 spiro atoms. The molecule has 0 fully saturated rings. The number of hydrogen-bond acceptors (Lipinski definition) is 3. The molecule has 1 aliphatic rings. The predicted octanol–water partition coefficient (Wildman–Crippen LogP) is 3.61. The van der Waals surface area contributed by atoms with E-state index in [1.165, 1.54) is 5.56 Å². The summed E-state index contributed by atoms with van der Waals surface area (Å²) in [5.74, 6) is -0.256. The normalized spacial score (nSPS) is 17.5. The monoisotopic (exact) mass is 369 g/mol. The molecule has 1 heterocycles. The molecule has 0 aromatic heterocycles. The molecule has 0 aliphatic carbocycles. The van der Waals surface area contributed by atoms with Crippen molar-refractivity contribution in [2.45, 2.75) is 12.3 Å². The van der Waals surface area contributed by atoms with Crippen LogP contribution < -0.4 is 5.32 Å². The zero-order valence-corrected chi connectivity index (χ0v) is 13.8. The van der Waals surface area contributed by atoms with Crippen LogP contribution in [-0.2, 0) is 6.42 Å². The van der Waals surface area contributed by atoms with Gasteiger partial charge in [-0.15, -0.1) is 17.0 Å². The number of aromatic hydroxyl groups is 2. The van der Waals surface area contributed by atoms with Crippen LogP contribution in [0.2, 0.25) is 5.02 Å². The molecule has 112 valence electrons. The van der Waals surface area contributed by atoms with E-state index in [1.54, 1.807) is 6.07 Å². The molecule has 0 amide bonds. The number of halogens is 2. The van der Waals surface area contributed by atoms with E-state index in [0.29, 0.717) is 0 Å². The second-order valence-electron chi connectivity index (χ2n) is 5.04. The average molecular weight is 371 g/mol. The van der Waals surface area contributed by atoms with Gasteiger partial charge in [-0.05, 0) is 35.7 Å². The van der Waals surface area contributed by atoms with Crippen LogP contribution >= 0.6 is 28.6 Å². The van der Waals surface area contributed by atoms with Crippen molar-refractivity contribution in [1.82, 2.24) is 5.32 Å². The fourth-order valence-electron chi connectivity index (χ4n) is 2.80. The van der Waals surface area contributed by atoms with Crippen LogP contribution in [0.4, 0.5) is 0 Å². The molecule has 0 saturated heterocycles. The number of hydrogen-bond donors (Lipinski definition) is 3. The van der Waals surface area contributed by atoms with Crippen LogP contribution in [0.1, 0.15) is 22.6 Å². The van der Waals surface area contributed by atoms with Gasteiger partial charge >= 0.3 is 0 Å². The van der Waals surface area contributed by atoms with Gasteiger partial charge in [0.15, 0.2) is 11.5 Å². The Balaban J connectivity index is 0.00000161. The van der Waals surface area contributed by atoms with Gasteiger partial charge in [0.1, 0.15) is 0 Å². The number of nitrogens with one attached hydrogen (secondary N) is 1. The number of phenols is 2. The van der Waals surface area contributed by atoms with Crippen molar-refractivity contribution < 1.29 is 10.2 Å². The zero-order chi connectivity index (χ0) is 14.1. The number of rotatable bonds is 1. The van der Waals surface area contributed by atoms with E-state index in [0.717, 1.165) is 30.6 Å². The Labute approximate surface area is 139 Å². The lowest BCUT2D eigenvalue weighted by molar-refractivity contribution is 0.402. The highest BCUT2D eigenvalue weighted by Crippen LogP contribution is 2.42. The fraction of sp³-hybridized carbons (Fsp3) is 0.250. The highest BCUT2D eigenvalue weighted by Gasteiger charge is 2.25. The van der Waals surface area contributed by atoms with E-state index in [-0.39, 0.29) is 39.4 Å². The zero-order valence-electron chi connectivity index (χ0n) is 11.3. The van der Waals surface area contributed by atoms with E-state index in [1.807, 2.05) is 18.2 Å². The molecule has 3 N–H and O–H groups in total. The molecule has 0 unspecified atom stereocenters. The molecule has 3 nitrogen and oxygen atoms in total. The maximum atomic E-state index is 9.86. The Morgan fingerprint density at radius 1 is 1.14 bits per heavy atom. The van der Waals surface area contributed by atoms with Crippen LogP contribution in [0, 0.1) is 0 Å². The van der Waals surface area contributed by atoms with Gasteiger partial charge < -0.3 is 15.5 Å². The minimum absolute atomic E-state index is 0. The molecule has 1 aliphatic heterocycles. The molecule has 21 heavy (non-hydrogen) atoms. The Morgan fingerprint density at radius 2 is 1.86 bits per heavy atom. The maximum Gasteiger partial charge on any atom is 0.176 e. The summed E-state index contributed by atoms with van der Waals surface area (Å²) < 4.78 is 0. The first kappa shape index (κ1) is 16.1. The summed E-state index contributed by atoms with van der Waals surface area (Å²) in [6, 6.07) is 11.8.